The Bertz CT molecular complexity index is 216. The predicted octanol–water partition coefficient (Wildman–Crippen LogP) is 1.37. The molecule has 0 aromatic carbocycles. The maximum atomic E-state index is 10.8. The summed E-state index contributed by atoms with van der Waals surface area (Å²) in [6.45, 7) is 4.27. The third kappa shape index (κ3) is 2.71. The third-order valence-corrected chi connectivity index (χ3v) is 1.43. The van der Waals surface area contributed by atoms with Crippen molar-refractivity contribution in [2.45, 2.75) is 12.0 Å². The Balaban J connectivity index is 4.55. The number of hydrogen-bond acceptors (Lipinski definition) is 4. The molecule has 0 fully saturated rings. The Labute approximate surface area is 79.2 Å². The zero-order chi connectivity index (χ0) is 9.78. The molecule has 6 heteroatoms. The first-order chi connectivity index (χ1) is 5.46. The van der Waals surface area contributed by atoms with Gasteiger partial charge in [0.05, 0.1) is 0 Å². The van der Waals surface area contributed by atoms with Gasteiger partial charge in [0, 0.05) is 6.92 Å². The Morgan fingerprint density at radius 2 is 2.08 bits per heavy atom. The second kappa shape index (κ2) is 4.33. The largest absolute Gasteiger partial charge is 0.428 e. The van der Waals surface area contributed by atoms with E-state index < -0.39 is 17.0 Å². The van der Waals surface area contributed by atoms with Crippen LogP contribution in [0.2, 0.25) is 0 Å². The fourth-order valence-corrected chi connectivity index (χ4v) is 0.730. The molecule has 0 saturated heterocycles. The molecule has 4 nitrogen and oxygen atoms in total. The number of alkyl halides is 1. The average molecular weight is 213 g/mol. The molecule has 12 heavy (non-hydrogen) atoms. The van der Waals surface area contributed by atoms with Gasteiger partial charge in [-0.05, 0) is 6.08 Å². The molecule has 0 saturated carbocycles. The van der Waals surface area contributed by atoms with Crippen LogP contribution in [0.4, 0.5) is 0 Å². The van der Waals surface area contributed by atoms with Gasteiger partial charge in [0.25, 0.3) is 0 Å². The summed E-state index contributed by atoms with van der Waals surface area (Å²) < 4.78 is 8.15. The van der Waals surface area contributed by atoms with E-state index in [4.69, 9.17) is 23.5 Å². The van der Waals surface area contributed by atoms with Crippen LogP contribution in [0.15, 0.2) is 12.7 Å². The molecule has 0 rings (SSSR count). The number of carbonyl (C=O) groups is 2. The molecule has 0 aliphatic rings. The van der Waals surface area contributed by atoms with Crippen molar-refractivity contribution in [3.8, 4) is 0 Å². The van der Waals surface area contributed by atoms with Gasteiger partial charge in [-0.25, -0.2) is 4.79 Å². The SMILES string of the molecule is C=CC(Cl)(OC(C)=O)C(=O)OCl. The van der Waals surface area contributed by atoms with Gasteiger partial charge in [0.15, 0.2) is 0 Å². The Kier molecular flexibility index (Phi) is 4.06. The summed E-state index contributed by atoms with van der Waals surface area (Å²) in [5.74, 6) is -1.86. The molecule has 0 bridgehead atoms. The second-order valence-electron chi connectivity index (χ2n) is 1.81. The zero-order valence-electron chi connectivity index (χ0n) is 6.17. The van der Waals surface area contributed by atoms with Crippen molar-refractivity contribution in [3.63, 3.8) is 0 Å². The molecule has 1 atom stereocenters. The van der Waals surface area contributed by atoms with Crippen LogP contribution in [-0.2, 0) is 18.6 Å². The lowest BCUT2D eigenvalue weighted by molar-refractivity contribution is -0.160. The van der Waals surface area contributed by atoms with Crippen LogP contribution in [0.3, 0.4) is 0 Å². The van der Waals surface area contributed by atoms with E-state index in [-0.39, 0.29) is 0 Å². The highest BCUT2D eigenvalue weighted by Gasteiger charge is 2.38. The summed E-state index contributed by atoms with van der Waals surface area (Å²) >= 11 is 10.2. The standard InChI is InChI=1S/C6H6Cl2O4/c1-3-6(7,5(10)12-8)11-4(2)9/h3H,1H2,2H3. The molecule has 0 aliphatic carbocycles. The number of rotatable bonds is 3. The quantitative estimate of drug-likeness (QED) is 0.403. The lowest BCUT2D eigenvalue weighted by atomic mass is 10.3. The normalized spacial score (nSPS) is 14.2. The van der Waals surface area contributed by atoms with E-state index >= 15 is 0 Å². The van der Waals surface area contributed by atoms with Gasteiger partial charge in [-0.2, -0.15) is 0 Å². The summed E-state index contributed by atoms with van der Waals surface area (Å²) in [5.41, 5.74) is 0. The van der Waals surface area contributed by atoms with Gasteiger partial charge >= 0.3 is 17.0 Å². The van der Waals surface area contributed by atoms with Gasteiger partial charge < -0.3 is 9.03 Å². The summed E-state index contributed by atoms with van der Waals surface area (Å²) in [7, 11) is 0. The van der Waals surface area contributed by atoms with E-state index in [2.05, 4.69) is 15.6 Å². The van der Waals surface area contributed by atoms with E-state index in [0.29, 0.717) is 0 Å². The Morgan fingerprint density at radius 3 is 2.33 bits per heavy atom. The summed E-state index contributed by atoms with van der Waals surface area (Å²) in [5, 5.41) is -2.03. The molecule has 0 heterocycles. The van der Waals surface area contributed by atoms with E-state index in [9.17, 15) is 9.59 Å². The number of esters is 1. The molecule has 0 amide bonds. The van der Waals surface area contributed by atoms with Crippen molar-refractivity contribution in [1.82, 2.24) is 0 Å². The first-order valence-electron chi connectivity index (χ1n) is 2.81. The van der Waals surface area contributed by atoms with Gasteiger partial charge in [-0.15, -0.1) is 0 Å². The van der Waals surface area contributed by atoms with E-state index in [0.717, 1.165) is 13.0 Å². The highest BCUT2D eigenvalue weighted by atomic mass is 35.5. The molecular weight excluding hydrogens is 207 g/mol. The lowest BCUT2D eigenvalue weighted by Crippen LogP contribution is -2.35. The van der Waals surface area contributed by atoms with Gasteiger partial charge in [-0.1, -0.05) is 18.2 Å². The smallest absolute Gasteiger partial charge is 0.389 e. The third-order valence-electron chi connectivity index (χ3n) is 0.903. The predicted molar refractivity (Wildman–Crippen MR) is 42.5 cm³/mol. The highest BCUT2D eigenvalue weighted by molar-refractivity contribution is 6.36. The number of carbonyl (C=O) groups excluding carboxylic acids is 2. The number of ether oxygens (including phenoxy) is 1. The molecular formula is C6H6Cl2O4. The summed E-state index contributed by atoms with van der Waals surface area (Å²) in [6, 6.07) is 0. The van der Waals surface area contributed by atoms with Crippen LogP contribution < -0.4 is 0 Å². The van der Waals surface area contributed by atoms with Gasteiger partial charge in [0.2, 0.25) is 0 Å². The van der Waals surface area contributed by atoms with Crippen molar-refractivity contribution in [2.24, 2.45) is 0 Å². The van der Waals surface area contributed by atoms with Crippen LogP contribution in [0.5, 0.6) is 0 Å². The molecule has 0 aromatic heterocycles. The van der Waals surface area contributed by atoms with Crippen LogP contribution in [0, 0.1) is 0 Å². The monoisotopic (exact) mass is 212 g/mol. The van der Waals surface area contributed by atoms with Crippen LogP contribution in [0.1, 0.15) is 6.92 Å². The first kappa shape index (κ1) is 11.3. The number of halogens is 2. The topological polar surface area (TPSA) is 52.6 Å². The molecule has 1 unspecified atom stereocenters. The zero-order valence-corrected chi connectivity index (χ0v) is 7.69. The minimum absolute atomic E-state index is 0.744. The summed E-state index contributed by atoms with van der Waals surface area (Å²) in [6.07, 6.45) is 0.903. The fraction of sp³-hybridized carbons (Fsp3) is 0.333. The first-order valence-corrected chi connectivity index (χ1v) is 3.50. The van der Waals surface area contributed by atoms with Crippen molar-refractivity contribution in [2.75, 3.05) is 0 Å². The van der Waals surface area contributed by atoms with Gasteiger partial charge in [-0.3, -0.25) is 4.79 Å². The minimum atomic E-state index is -2.03. The summed E-state index contributed by atoms with van der Waals surface area (Å²) in [4.78, 5) is 21.2. The minimum Gasteiger partial charge on any atom is -0.428 e. The maximum absolute atomic E-state index is 10.8. The van der Waals surface area contributed by atoms with Crippen molar-refractivity contribution in [3.05, 3.63) is 12.7 Å². The number of hydrogen-bond donors (Lipinski definition) is 0. The molecule has 0 aromatic rings. The second-order valence-corrected chi connectivity index (χ2v) is 2.52. The van der Waals surface area contributed by atoms with Crippen molar-refractivity contribution < 1.29 is 18.6 Å². The van der Waals surface area contributed by atoms with Crippen molar-refractivity contribution >= 4 is 35.4 Å². The molecule has 0 radical (unpaired) electrons. The Hall–Kier alpha value is -0.740. The lowest BCUT2D eigenvalue weighted by Gasteiger charge is -2.17. The molecule has 0 N–H and O–H groups in total. The van der Waals surface area contributed by atoms with Crippen molar-refractivity contribution in [1.29, 1.82) is 0 Å². The maximum Gasteiger partial charge on any atom is 0.389 e. The van der Waals surface area contributed by atoms with Gasteiger partial charge in [0.1, 0.15) is 11.9 Å². The molecule has 0 aliphatic heterocycles. The van der Waals surface area contributed by atoms with E-state index in [1.165, 1.54) is 0 Å². The average Bonchev–Trinajstić information content (AvgIpc) is 2.01. The van der Waals surface area contributed by atoms with Crippen LogP contribution in [-0.4, -0.2) is 17.0 Å². The van der Waals surface area contributed by atoms with Crippen LogP contribution in [0.25, 0.3) is 0 Å². The highest BCUT2D eigenvalue weighted by Crippen LogP contribution is 2.21. The Morgan fingerprint density at radius 1 is 1.58 bits per heavy atom. The molecule has 0 spiro atoms. The molecule has 68 valence electrons. The van der Waals surface area contributed by atoms with Crippen LogP contribution >= 0.6 is 23.5 Å². The van der Waals surface area contributed by atoms with E-state index in [1.54, 1.807) is 0 Å². The van der Waals surface area contributed by atoms with E-state index in [1.807, 2.05) is 0 Å². The fourth-order valence-electron chi connectivity index (χ4n) is 0.428.